The molecule has 0 unspecified atom stereocenters. The molecule has 0 radical (unpaired) electrons. The third kappa shape index (κ3) is 7.79. The van der Waals surface area contributed by atoms with E-state index in [1.165, 1.54) is 30.6 Å². The molecule has 1 rings (SSSR count). The summed E-state index contributed by atoms with van der Waals surface area (Å²) >= 11 is 0. The number of hydrogen-bond acceptors (Lipinski definition) is 3. The van der Waals surface area contributed by atoms with Crippen LogP contribution in [0.2, 0.25) is 0 Å². The number of amides is 2. The van der Waals surface area contributed by atoms with Gasteiger partial charge in [0.15, 0.2) is 0 Å². The smallest absolute Gasteiger partial charge is 0.253 e. The van der Waals surface area contributed by atoms with Gasteiger partial charge in [0.2, 0.25) is 5.91 Å². The van der Waals surface area contributed by atoms with Gasteiger partial charge in [-0.05, 0) is 37.2 Å². The molecule has 0 bridgehead atoms. The molecule has 2 N–H and O–H groups in total. The first kappa shape index (κ1) is 19.2. The van der Waals surface area contributed by atoms with Crippen molar-refractivity contribution in [2.24, 2.45) is 0 Å². The summed E-state index contributed by atoms with van der Waals surface area (Å²) in [6.45, 7) is 3.38. The number of rotatable bonds is 10. The van der Waals surface area contributed by atoms with Crippen LogP contribution in [0.5, 0.6) is 0 Å². The second-order valence-corrected chi connectivity index (χ2v) is 5.92. The Labute approximate surface area is 139 Å². The molecular weight excluding hydrogens is 290 g/mol. The van der Waals surface area contributed by atoms with E-state index in [1.54, 1.807) is 38.4 Å². The first-order chi connectivity index (χ1) is 11.0. The summed E-state index contributed by atoms with van der Waals surface area (Å²) < 4.78 is 0. The monoisotopic (exact) mass is 319 g/mol. The van der Waals surface area contributed by atoms with Crippen LogP contribution in [0.4, 0.5) is 5.69 Å². The van der Waals surface area contributed by atoms with Gasteiger partial charge in [-0.1, -0.05) is 32.6 Å². The molecule has 0 heterocycles. The van der Waals surface area contributed by atoms with Crippen molar-refractivity contribution in [3.05, 3.63) is 29.8 Å². The molecule has 128 valence electrons. The Kier molecular flexibility index (Phi) is 8.98. The van der Waals surface area contributed by atoms with Crippen LogP contribution in [0.3, 0.4) is 0 Å². The third-order valence-electron chi connectivity index (χ3n) is 3.56. The number of carbonyl (C=O) groups excluding carboxylic acids is 2. The van der Waals surface area contributed by atoms with Gasteiger partial charge in [-0.2, -0.15) is 0 Å². The van der Waals surface area contributed by atoms with Crippen LogP contribution in [0.25, 0.3) is 0 Å². The Morgan fingerprint density at radius 1 is 1.00 bits per heavy atom. The lowest BCUT2D eigenvalue weighted by Crippen LogP contribution is -2.28. The van der Waals surface area contributed by atoms with Crippen molar-refractivity contribution in [1.29, 1.82) is 0 Å². The van der Waals surface area contributed by atoms with Crippen LogP contribution in [0, 0.1) is 0 Å². The molecule has 0 atom stereocenters. The average molecular weight is 319 g/mol. The number of nitrogens with one attached hydrogen (secondary N) is 2. The maximum Gasteiger partial charge on any atom is 0.253 e. The first-order valence-corrected chi connectivity index (χ1v) is 8.37. The lowest BCUT2D eigenvalue weighted by atomic mass is 10.1. The largest absolute Gasteiger partial charge is 0.345 e. The van der Waals surface area contributed by atoms with Crippen molar-refractivity contribution < 1.29 is 9.59 Å². The van der Waals surface area contributed by atoms with Crippen molar-refractivity contribution in [2.75, 3.05) is 32.5 Å². The van der Waals surface area contributed by atoms with Crippen LogP contribution in [-0.4, -0.2) is 43.9 Å². The zero-order valence-corrected chi connectivity index (χ0v) is 14.5. The van der Waals surface area contributed by atoms with E-state index < -0.39 is 0 Å². The van der Waals surface area contributed by atoms with Crippen LogP contribution in [0.15, 0.2) is 24.3 Å². The average Bonchev–Trinajstić information content (AvgIpc) is 2.54. The summed E-state index contributed by atoms with van der Waals surface area (Å²) in [7, 11) is 3.43. The van der Waals surface area contributed by atoms with E-state index in [9.17, 15) is 9.59 Å². The number of carbonyl (C=O) groups is 2. The van der Waals surface area contributed by atoms with E-state index in [-0.39, 0.29) is 11.8 Å². The Morgan fingerprint density at radius 3 is 2.26 bits per heavy atom. The maximum absolute atomic E-state index is 11.8. The summed E-state index contributed by atoms with van der Waals surface area (Å²) in [5.41, 5.74) is 1.31. The first-order valence-electron chi connectivity index (χ1n) is 8.37. The number of unbranched alkanes of at least 4 members (excludes halogenated alkanes) is 4. The Bertz CT molecular complexity index is 484. The number of benzene rings is 1. The minimum absolute atomic E-state index is 0.0485. The van der Waals surface area contributed by atoms with Crippen molar-refractivity contribution in [1.82, 2.24) is 10.2 Å². The van der Waals surface area contributed by atoms with Gasteiger partial charge in [0, 0.05) is 25.3 Å². The number of nitrogens with zero attached hydrogens (tertiary/aromatic N) is 1. The fourth-order valence-electron chi connectivity index (χ4n) is 2.21. The predicted molar refractivity (Wildman–Crippen MR) is 94.7 cm³/mol. The highest BCUT2D eigenvalue weighted by molar-refractivity contribution is 5.95. The van der Waals surface area contributed by atoms with E-state index in [4.69, 9.17) is 0 Å². The standard InChI is InChI=1S/C18H29N3O2/c1-4-5-6-7-8-13-19-14-17(22)20-16-11-9-15(10-12-16)18(23)21(2)3/h9-12,19H,4-8,13-14H2,1-3H3,(H,20,22). The molecule has 0 aliphatic rings. The summed E-state index contributed by atoms with van der Waals surface area (Å²) in [6, 6.07) is 6.94. The molecule has 0 spiro atoms. The van der Waals surface area contributed by atoms with Crippen LogP contribution >= 0.6 is 0 Å². The van der Waals surface area contributed by atoms with Crippen LogP contribution < -0.4 is 10.6 Å². The molecule has 23 heavy (non-hydrogen) atoms. The molecule has 1 aromatic carbocycles. The van der Waals surface area contributed by atoms with E-state index >= 15 is 0 Å². The van der Waals surface area contributed by atoms with Gasteiger partial charge in [-0.25, -0.2) is 0 Å². The van der Waals surface area contributed by atoms with Gasteiger partial charge >= 0.3 is 0 Å². The molecule has 0 aliphatic heterocycles. The summed E-state index contributed by atoms with van der Waals surface area (Å²) in [5, 5.41) is 5.98. The normalized spacial score (nSPS) is 10.4. The van der Waals surface area contributed by atoms with Gasteiger partial charge in [0.1, 0.15) is 0 Å². The minimum atomic E-state index is -0.0646. The Balaban J connectivity index is 2.25. The highest BCUT2D eigenvalue weighted by atomic mass is 16.2. The zero-order chi connectivity index (χ0) is 17.1. The highest BCUT2D eigenvalue weighted by Gasteiger charge is 2.08. The molecular formula is C18H29N3O2. The number of hydrogen-bond donors (Lipinski definition) is 2. The van der Waals surface area contributed by atoms with E-state index in [1.807, 2.05) is 0 Å². The summed E-state index contributed by atoms with van der Waals surface area (Å²) in [6.07, 6.45) is 6.11. The van der Waals surface area contributed by atoms with Crippen LogP contribution in [-0.2, 0) is 4.79 Å². The molecule has 2 amide bonds. The molecule has 0 aromatic heterocycles. The summed E-state index contributed by atoms with van der Waals surface area (Å²) in [5.74, 6) is -0.113. The summed E-state index contributed by atoms with van der Waals surface area (Å²) in [4.78, 5) is 25.1. The van der Waals surface area contributed by atoms with E-state index in [2.05, 4.69) is 17.6 Å². The zero-order valence-electron chi connectivity index (χ0n) is 14.5. The molecule has 5 heteroatoms. The molecule has 1 aromatic rings. The SMILES string of the molecule is CCCCCCCNCC(=O)Nc1ccc(C(=O)N(C)C)cc1. The van der Waals surface area contributed by atoms with Crippen molar-refractivity contribution >= 4 is 17.5 Å². The van der Waals surface area contributed by atoms with E-state index in [0.29, 0.717) is 17.8 Å². The van der Waals surface area contributed by atoms with Gasteiger partial charge in [0.25, 0.3) is 5.91 Å². The Hall–Kier alpha value is -1.88. The second-order valence-electron chi connectivity index (χ2n) is 5.92. The van der Waals surface area contributed by atoms with Gasteiger partial charge < -0.3 is 15.5 Å². The maximum atomic E-state index is 11.8. The highest BCUT2D eigenvalue weighted by Crippen LogP contribution is 2.10. The predicted octanol–water partition coefficient (Wildman–Crippen LogP) is 2.89. The fraction of sp³-hybridized carbons (Fsp3) is 0.556. The molecule has 0 aliphatic carbocycles. The third-order valence-corrected chi connectivity index (χ3v) is 3.56. The molecule has 0 saturated carbocycles. The minimum Gasteiger partial charge on any atom is -0.345 e. The topological polar surface area (TPSA) is 61.4 Å². The van der Waals surface area contributed by atoms with Crippen molar-refractivity contribution in [2.45, 2.75) is 39.0 Å². The molecule has 5 nitrogen and oxygen atoms in total. The van der Waals surface area contributed by atoms with Gasteiger partial charge in [-0.15, -0.1) is 0 Å². The number of anilines is 1. The molecule has 0 saturated heterocycles. The van der Waals surface area contributed by atoms with Gasteiger partial charge in [-0.3, -0.25) is 9.59 Å². The quantitative estimate of drug-likeness (QED) is 0.652. The van der Waals surface area contributed by atoms with Crippen LogP contribution in [0.1, 0.15) is 49.4 Å². The van der Waals surface area contributed by atoms with Crippen molar-refractivity contribution in [3.8, 4) is 0 Å². The Morgan fingerprint density at radius 2 is 1.65 bits per heavy atom. The lowest BCUT2D eigenvalue weighted by Gasteiger charge is -2.11. The second kappa shape index (κ2) is 10.8. The molecule has 0 fully saturated rings. The fourth-order valence-corrected chi connectivity index (χ4v) is 2.21. The van der Waals surface area contributed by atoms with Gasteiger partial charge in [0.05, 0.1) is 6.54 Å². The van der Waals surface area contributed by atoms with Crippen molar-refractivity contribution in [3.63, 3.8) is 0 Å². The van der Waals surface area contributed by atoms with E-state index in [0.717, 1.165) is 13.0 Å². The lowest BCUT2D eigenvalue weighted by molar-refractivity contribution is -0.115.